The molecule has 0 spiro atoms. The van der Waals surface area contributed by atoms with Crippen LogP contribution in [0.5, 0.6) is 5.88 Å². The highest BCUT2D eigenvalue weighted by atomic mass is 79.9. The first-order valence-electron chi connectivity index (χ1n) is 4.56. The Morgan fingerprint density at radius 1 is 1.50 bits per heavy atom. The molecule has 1 aliphatic rings. The van der Waals surface area contributed by atoms with Crippen LogP contribution >= 0.6 is 15.9 Å². The zero-order chi connectivity index (χ0) is 10.1. The Labute approximate surface area is 91.0 Å². The van der Waals surface area contributed by atoms with E-state index in [0.29, 0.717) is 5.88 Å². The molecule has 0 atom stereocenters. The number of nitrogens with zero attached hydrogens (tertiary/aromatic N) is 2. The maximum atomic E-state index is 5.58. The fourth-order valence-corrected chi connectivity index (χ4v) is 1.86. The van der Waals surface area contributed by atoms with Gasteiger partial charge in [0.1, 0.15) is 4.47 Å². The summed E-state index contributed by atoms with van der Waals surface area (Å²) in [7, 11) is 1.58. The van der Waals surface area contributed by atoms with Gasteiger partial charge in [-0.2, -0.15) is 4.98 Å². The SMILES string of the molecule is COc1nc(N)nc(CC2CC2)c1Br. The Morgan fingerprint density at radius 2 is 2.21 bits per heavy atom. The molecule has 1 heterocycles. The maximum absolute atomic E-state index is 5.58. The van der Waals surface area contributed by atoms with E-state index in [2.05, 4.69) is 25.9 Å². The number of aromatic nitrogens is 2. The minimum atomic E-state index is 0.278. The van der Waals surface area contributed by atoms with Gasteiger partial charge in [-0.25, -0.2) is 4.98 Å². The molecule has 1 fully saturated rings. The molecule has 0 bridgehead atoms. The highest BCUT2D eigenvalue weighted by molar-refractivity contribution is 9.10. The quantitative estimate of drug-likeness (QED) is 0.897. The van der Waals surface area contributed by atoms with Crippen LogP contribution in [0.4, 0.5) is 5.95 Å². The molecule has 5 heteroatoms. The minimum Gasteiger partial charge on any atom is -0.480 e. The molecule has 1 aromatic heterocycles. The van der Waals surface area contributed by atoms with Gasteiger partial charge >= 0.3 is 0 Å². The molecule has 76 valence electrons. The molecule has 1 aliphatic carbocycles. The van der Waals surface area contributed by atoms with Gasteiger partial charge in [-0.3, -0.25) is 0 Å². The van der Waals surface area contributed by atoms with Crippen molar-refractivity contribution < 1.29 is 4.74 Å². The average molecular weight is 258 g/mol. The van der Waals surface area contributed by atoms with Crippen molar-refractivity contribution in [2.75, 3.05) is 12.8 Å². The molecule has 14 heavy (non-hydrogen) atoms. The largest absolute Gasteiger partial charge is 0.480 e. The van der Waals surface area contributed by atoms with E-state index in [0.717, 1.165) is 22.5 Å². The molecule has 1 aromatic rings. The Kier molecular flexibility index (Phi) is 2.58. The first-order valence-corrected chi connectivity index (χ1v) is 5.36. The number of ether oxygens (including phenoxy) is 1. The molecular weight excluding hydrogens is 246 g/mol. The molecule has 0 aliphatic heterocycles. The molecule has 4 nitrogen and oxygen atoms in total. The first kappa shape index (κ1) is 9.71. The number of anilines is 1. The predicted octanol–water partition coefficient (Wildman–Crippen LogP) is 1.78. The van der Waals surface area contributed by atoms with Gasteiger partial charge in [-0.15, -0.1) is 0 Å². The van der Waals surface area contributed by atoms with Crippen molar-refractivity contribution in [3.63, 3.8) is 0 Å². The molecule has 0 radical (unpaired) electrons. The van der Waals surface area contributed by atoms with Gasteiger partial charge in [0.25, 0.3) is 0 Å². The second-order valence-corrected chi connectivity index (χ2v) is 4.29. The van der Waals surface area contributed by atoms with Crippen LogP contribution in [-0.2, 0) is 6.42 Å². The lowest BCUT2D eigenvalue weighted by Crippen LogP contribution is -2.04. The summed E-state index contributed by atoms with van der Waals surface area (Å²) in [6, 6.07) is 0. The second kappa shape index (κ2) is 3.73. The fourth-order valence-electron chi connectivity index (χ4n) is 1.35. The van der Waals surface area contributed by atoms with E-state index in [1.165, 1.54) is 12.8 Å². The second-order valence-electron chi connectivity index (χ2n) is 3.50. The van der Waals surface area contributed by atoms with Crippen LogP contribution in [-0.4, -0.2) is 17.1 Å². The number of hydrogen-bond donors (Lipinski definition) is 1. The van der Waals surface area contributed by atoms with Gasteiger partial charge < -0.3 is 10.5 Å². The smallest absolute Gasteiger partial charge is 0.232 e. The summed E-state index contributed by atoms with van der Waals surface area (Å²) in [6.45, 7) is 0. The van der Waals surface area contributed by atoms with Crippen molar-refractivity contribution in [1.82, 2.24) is 9.97 Å². The van der Waals surface area contributed by atoms with Crippen molar-refractivity contribution >= 4 is 21.9 Å². The van der Waals surface area contributed by atoms with Crippen molar-refractivity contribution in [3.05, 3.63) is 10.2 Å². The highest BCUT2D eigenvalue weighted by Gasteiger charge is 2.24. The normalized spacial score (nSPS) is 15.6. The molecule has 1 saturated carbocycles. The summed E-state index contributed by atoms with van der Waals surface area (Å²) in [5, 5.41) is 0. The van der Waals surface area contributed by atoms with E-state index >= 15 is 0 Å². The third-order valence-electron chi connectivity index (χ3n) is 2.28. The van der Waals surface area contributed by atoms with Gasteiger partial charge in [0.05, 0.1) is 12.8 Å². The number of nitrogens with two attached hydrogens (primary N) is 1. The molecule has 0 aromatic carbocycles. The summed E-state index contributed by atoms with van der Waals surface area (Å²) in [5.74, 6) is 1.57. The van der Waals surface area contributed by atoms with Crippen molar-refractivity contribution in [2.45, 2.75) is 19.3 Å². The summed E-state index contributed by atoms with van der Waals surface area (Å²) in [4.78, 5) is 8.18. The van der Waals surface area contributed by atoms with E-state index < -0.39 is 0 Å². The van der Waals surface area contributed by atoms with Crippen LogP contribution in [0.3, 0.4) is 0 Å². The number of rotatable bonds is 3. The topological polar surface area (TPSA) is 61.0 Å². The third kappa shape index (κ3) is 1.97. The molecule has 0 saturated heterocycles. The van der Waals surface area contributed by atoms with Gasteiger partial charge in [0, 0.05) is 0 Å². The maximum Gasteiger partial charge on any atom is 0.232 e. The Bertz CT molecular complexity index is 352. The van der Waals surface area contributed by atoms with Crippen LogP contribution in [0.2, 0.25) is 0 Å². The van der Waals surface area contributed by atoms with E-state index in [4.69, 9.17) is 10.5 Å². The standard InChI is InChI=1S/C9H12BrN3O/c1-14-8-7(10)6(4-5-2-3-5)12-9(11)13-8/h5H,2-4H2,1H3,(H2,11,12,13). The van der Waals surface area contributed by atoms with Gasteiger partial charge in [-0.05, 0) is 41.1 Å². The lowest BCUT2D eigenvalue weighted by atomic mass is 10.2. The molecule has 2 rings (SSSR count). The lowest BCUT2D eigenvalue weighted by Gasteiger charge is -2.07. The van der Waals surface area contributed by atoms with Crippen molar-refractivity contribution in [2.24, 2.45) is 5.92 Å². The summed E-state index contributed by atoms with van der Waals surface area (Å²) < 4.78 is 5.92. The van der Waals surface area contributed by atoms with Gasteiger partial charge in [-0.1, -0.05) is 0 Å². The van der Waals surface area contributed by atoms with Crippen LogP contribution in [0, 0.1) is 5.92 Å². The van der Waals surface area contributed by atoms with Gasteiger partial charge in [0.2, 0.25) is 11.8 Å². The third-order valence-corrected chi connectivity index (χ3v) is 3.08. The van der Waals surface area contributed by atoms with E-state index in [-0.39, 0.29) is 5.95 Å². The monoisotopic (exact) mass is 257 g/mol. The zero-order valence-electron chi connectivity index (χ0n) is 7.96. The number of nitrogen functional groups attached to an aromatic ring is 1. The van der Waals surface area contributed by atoms with E-state index in [1.807, 2.05) is 0 Å². The first-order chi connectivity index (χ1) is 6.70. The Morgan fingerprint density at radius 3 is 2.79 bits per heavy atom. The number of methoxy groups -OCH3 is 1. The number of halogens is 1. The Hall–Kier alpha value is -0.840. The number of hydrogen-bond acceptors (Lipinski definition) is 4. The van der Waals surface area contributed by atoms with Crippen LogP contribution < -0.4 is 10.5 Å². The predicted molar refractivity (Wildman–Crippen MR) is 57.1 cm³/mol. The van der Waals surface area contributed by atoms with Gasteiger partial charge in [0.15, 0.2) is 0 Å². The van der Waals surface area contributed by atoms with Crippen LogP contribution in [0.1, 0.15) is 18.5 Å². The summed E-state index contributed by atoms with van der Waals surface area (Å²) in [5.41, 5.74) is 6.53. The highest BCUT2D eigenvalue weighted by Crippen LogP contribution is 2.36. The van der Waals surface area contributed by atoms with E-state index in [1.54, 1.807) is 7.11 Å². The Balaban J connectivity index is 2.31. The van der Waals surface area contributed by atoms with Crippen LogP contribution in [0.25, 0.3) is 0 Å². The van der Waals surface area contributed by atoms with Crippen LogP contribution in [0.15, 0.2) is 4.47 Å². The lowest BCUT2D eigenvalue weighted by molar-refractivity contribution is 0.393. The summed E-state index contributed by atoms with van der Waals surface area (Å²) >= 11 is 3.43. The zero-order valence-corrected chi connectivity index (χ0v) is 9.54. The van der Waals surface area contributed by atoms with E-state index in [9.17, 15) is 0 Å². The molecule has 0 amide bonds. The fraction of sp³-hybridized carbons (Fsp3) is 0.556. The molecule has 2 N–H and O–H groups in total. The molecule has 0 unspecified atom stereocenters. The minimum absolute atomic E-state index is 0.278. The van der Waals surface area contributed by atoms with Crippen molar-refractivity contribution in [3.8, 4) is 5.88 Å². The average Bonchev–Trinajstić information content (AvgIpc) is 2.94. The molecular formula is C9H12BrN3O. The van der Waals surface area contributed by atoms with Crippen molar-refractivity contribution in [1.29, 1.82) is 0 Å². The summed E-state index contributed by atoms with van der Waals surface area (Å²) in [6.07, 6.45) is 3.54.